The Bertz CT molecular complexity index is 431. The number of rotatable bonds is 6. The van der Waals surface area contributed by atoms with Crippen molar-refractivity contribution in [3.8, 4) is 11.5 Å². The van der Waals surface area contributed by atoms with E-state index in [9.17, 15) is 0 Å². The van der Waals surface area contributed by atoms with Crippen LogP contribution >= 0.6 is 11.6 Å². The zero-order chi connectivity index (χ0) is 14.4. The van der Waals surface area contributed by atoms with Gasteiger partial charge in [0.05, 0.1) is 13.7 Å². The maximum Gasteiger partial charge on any atom is 0.164 e. The van der Waals surface area contributed by atoms with E-state index in [-0.39, 0.29) is 0 Å². The monoisotopic (exact) mass is 297 g/mol. The number of methoxy groups -OCH3 is 1. The van der Waals surface area contributed by atoms with E-state index in [1.807, 2.05) is 6.07 Å². The molecule has 2 N–H and O–H groups in total. The van der Waals surface area contributed by atoms with Crippen LogP contribution in [0.25, 0.3) is 0 Å². The largest absolute Gasteiger partial charge is 0.493 e. The van der Waals surface area contributed by atoms with Gasteiger partial charge in [-0.05, 0) is 37.8 Å². The summed E-state index contributed by atoms with van der Waals surface area (Å²) in [7, 11) is 1.64. The van der Waals surface area contributed by atoms with Crippen LogP contribution in [0.5, 0.6) is 11.5 Å². The van der Waals surface area contributed by atoms with Crippen LogP contribution in [0.2, 0.25) is 5.02 Å². The maximum atomic E-state index is 6.11. The first-order valence-electron chi connectivity index (χ1n) is 7.44. The normalized spacial score (nSPS) is 16.1. The van der Waals surface area contributed by atoms with Gasteiger partial charge in [0, 0.05) is 16.7 Å². The molecule has 0 unspecified atom stereocenters. The highest BCUT2D eigenvalue weighted by molar-refractivity contribution is 6.30. The van der Waals surface area contributed by atoms with Crippen LogP contribution in [0.1, 0.15) is 37.7 Å². The molecule has 4 heteroatoms. The van der Waals surface area contributed by atoms with E-state index in [4.69, 9.17) is 26.8 Å². The molecule has 0 aliphatic heterocycles. The number of hydrogen-bond donors (Lipinski definition) is 1. The van der Waals surface area contributed by atoms with Gasteiger partial charge in [0.1, 0.15) is 0 Å². The van der Waals surface area contributed by atoms with Crippen LogP contribution in [0.4, 0.5) is 0 Å². The van der Waals surface area contributed by atoms with E-state index >= 15 is 0 Å². The average molecular weight is 298 g/mol. The molecule has 0 atom stereocenters. The summed E-state index contributed by atoms with van der Waals surface area (Å²) in [6.45, 7) is 1.33. The summed E-state index contributed by atoms with van der Waals surface area (Å²) in [5.74, 6) is 2.18. The van der Waals surface area contributed by atoms with Crippen molar-refractivity contribution in [1.29, 1.82) is 0 Å². The lowest BCUT2D eigenvalue weighted by atomic mass is 9.90. The summed E-state index contributed by atoms with van der Waals surface area (Å²) < 4.78 is 11.5. The summed E-state index contributed by atoms with van der Waals surface area (Å²) in [5.41, 5.74) is 6.71. The van der Waals surface area contributed by atoms with Gasteiger partial charge in [0.25, 0.3) is 0 Å². The molecule has 0 bridgehead atoms. The molecule has 1 aliphatic rings. The highest BCUT2D eigenvalue weighted by Crippen LogP contribution is 2.36. The number of ether oxygens (including phenoxy) is 2. The van der Waals surface area contributed by atoms with Crippen LogP contribution < -0.4 is 15.2 Å². The van der Waals surface area contributed by atoms with Crippen LogP contribution in [-0.4, -0.2) is 20.3 Å². The van der Waals surface area contributed by atoms with Gasteiger partial charge < -0.3 is 15.2 Å². The third kappa shape index (κ3) is 4.03. The molecule has 0 saturated heterocycles. The Balaban J connectivity index is 2.10. The average Bonchev–Trinajstić information content (AvgIpc) is 2.47. The predicted molar refractivity (Wildman–Crippen MR) is 82.8 cm³/mol. The minimum Gasteiger partial charge on any atom is -0.493 e. The smallest absolute Gasteiger partial charge is 0.164 e. The topological polar surface area (TPSA) is 44.5 Å². The Morgan fingerprint density at radius 1 is 1.25 bits per heavy atom. The van der Waals surface area contributed by atoms with Gasteiger partial charge in [-0.1, -0.05) is 30.9 Å². The van der Waals surface area contributed by atoms with Gasteiger partial charge in [-0.25, -0.2) is 0 Å². The van der Waals surface area contributed by atoms with Crippen molar-refractivity contribution in [3.63, 3.8) is 0 Å². The fraction of sp³-hybridized carbons (Fsp3) is 0.625. The van der Waals surface area contributed by atoms with Gasteiger partial charge in [-0.2, -0.15) is 0 Å². The SMILES string of the molecule is COc1cc(Cl)cc(CCN)c1OCC1CCCCC1. The Hall–Kier alpha value is -0.930. The molecule has 1 aromatic carbocycles. The molecule has 0 radical (unpaired) electrons. The lowest BCUT2D eigenvalue weighted by molar-refractivity contribution is 0.201. The zero-order valence-electron chi connectivity index (χ0n) is 12.2. The van der Waals surface area contributed by atoms with Gasteiger partial charge in [-0.3, -0.25) is 0 Å². The molecule has 20 heavy (non-hydrogen) atoms. The Kier molecular flexibility index (Phi) is 5.99. The predicted octanol–water partition coefficient (Wildman–Crippen LogP) is 3.81. The molecule has 112 valence electrons. The van der Waals surface area contributed by atoms with Gasteiger partial charge in [0.2, 0.25) is 0 Å². The molecule has 3 nitrogen and oxygen atoms in total. The van der Waals surface area contributed by atoms with Crippen LogP contribution in [-0.2, 0) is 6.42 Å². The molecule has 0 heterocycles. The first-order chi connectivity index (χ1) is 9.74. The second-order valence-corrected chi connectivity index (χ2v) is 5.89. The highest BCUT2D eigenvalue weighted by Gasteiger charge is 2.17. The summed E-state index contributed by atoms with van der Waals surface area (Å²) in [4.78, 5) is 0. The van der Waals surface area contributed by atoms with E-state index < -0.39 is 0 Å². The van der Waals surface area contributed by atoms with Crippen molar-refractivity contribution in [3.05, 3.63) is 22.7 Å². The van der Waals surface area contributed by atoms with Gasteiger partial charge in [0.15, 0.2) is 11.5 Å². The lowest BCUT2D eigenvalue weighted by Gasteiger charge is -2.23. The van der Waals surface area contributed by atoms with Crippen molar-refractivity contribution in [1.82, 2.24) is 0 Å². The van der Waals surface area contributed by atoms with Crippen molar-refractivity contribution < 1.29 is 9.47 Å². The zero-order valence-corrected chi connectivity index (χ0v) is 12.9. The highest BCUT2D eigenvalue weighted by atomic mass is 35.5. The fourth-order valence-electron chi connectivity index (χ4n) is 2.83. The van der Waals surface area contributed by atoms with E-state index in [0.29, 0.717) is 23.2 Å². The van der Waals surface area contributed by atoms with Gasteiger partial charge >= 0.3 is 0 Å². The third-order valence-corrected chi connectivity index (χ3v) is 4.14. The Labute approximate surface area is 126 Å². The first-order valence-corrected chi connectivity index (χ1v) is 7.81. The fourth-order valence-corrected chi connectivity index (χ4v) is 3.07. The third-order valence-electron chi connectivity index (χ3n) is 3.92. The second-order valence-electron chi connectivity index (χ2n) is 5.45. The maximum absolute atomic E-state index is 6.11. The number of halogens is 1. The van der Waals surface area contributed by atoms with Crippen molar-refractivity contribution in [2.24, 2.45) is 11.7 Å². The van der Waals surface area contributed by atoms with E-state index in [2.05, 4.69) is 0 Å². The Morgan fingerprint density at radius 2 is 2.00 bits per heavy atom. The lowest BCUT2D eigenvalue weighted by Crippen LogP contribution is -2.16. The van der Waals surface area contributed by atoms with Crippen molar-refractivity contribution in [2.75, 3.05) is 20.3 Å². The van der Waals surface area contributed by atoms with E-state index in [1.54, 1.807) is 13.2 Å². The first kappa shape index (κ1) is 15.5. The van der Waals surface area contributed by atoms with Crippen LogP contribution in [0.3, 0.4) is 0 Å². The molecule has 1 aromatic rings. The molecule has 1 saturated carbocycles. The number of hydrogen-bond acceptors (Lipinski definition) is 3. The van der Waals surface area contributed by atoms with E-state index in [1.165, 1.54) is 32.1 Å². The summed E-state index contributed by atoms with van der Waals surface area (Å²) >= 11 is 6.11. The number of nitrogens with two attached hydrogens (primary N) is 1. The molecule has 0 spiro atoms. The van der Waals surface area contributed by atoms with Crippen molar-refractivity contribution >= 4 is 11.6 Å². The van der Waals surface area contributed by atoms with Gasteiger partial charge in [-0.15, -0.1) is 0 Å². The molecule has 0 aromatic heterocycles. The molecule has 1 fully saturated rings. The quantitative estimate of drug-likeness (QED) is 0.868. The minimum atomic E-state index is 0.573. The number of benzene rings is 1. The molecular formula is C16H24ClNO2. The molecule has 2 rings (SSSR count). The van der Waals surface area contributed by atoms with E-state index in [0.717, 1.165) is 24.3 Å². The summed E-state index contributed by atoms with van der Waals surface area (Å²) in [5, 5.41) is 0.662. The Morgan fingerprint density at radius 3 is 2.65 bits per heavy atom. The van der Waals surface area contributed by atoms with Crippen LogP contribution in [0, 0.1) is 5.92 Å². The standard InChI is InChI=1S/C16H24ClNO2/c1-19-15-10-14(17)9-13(7-8-18)16(15)20-11-12-5-3-2-4-6-12/h9-10,12H,2-8,11,18H2,1H3. The minimum absolute atomic E-state index is 0.573. The summed E-state index contributed by atoms with van der Waals surface area (Å²) in [6, 6.07) is 3.73. The van der Waals surface area contributed by atoms with Crippen LogP contribution in [0.15, 0.2) is 12.1 Å². The molecule has 0 amide bonds. The molecule has 1 aliphatic carbocycles. The summed E-state index contributed by atoms with van der Waals surface area (Å²) in [6.07, 6.45) is 7.28. The van der Waals surface area contributed by atoms with Crippen molar-refractivity contribution in [2.45, 2.75) is 38.5 Å². The second kappa shape index (κ2) is 7.75. The molecular weight excluding hydrogens is 274 g/mol.